The molecule has 0 amide bonds. The Morgan fingerprint density at radius 2 is 0.967 bits per heavy atom. The van der Waals surface area contributed by atoms with E-state index in [0.717, 1.165) is 48.0 Å². The maximum absolute atomic E-state index is 13.5. The fraction of sp³-hybridized carbons (Fsp3) is 0.138. The molecule has 1 saturated carbocycles. The Hall–Kier alpha value is -3.45. The summed E-state index contributed by atoms with van der Waals surface area (Å²) < 4.78 is 0. The molecule has 146 valence electrons. The Morgan fingerprint density at radius 3 is 1.47 bits per heavy atom. The van der Waals surface area contributed by atoms with Gasteiger partial charge < -0.3 is 0 Å². The van der Waals surface area contributed by atoms with Gasteiger partial charge in [0.1, 0.15) is 0 Å². The fourth-order valence-corrected chi connectivity index (χ4v) is 4.47. The molecule has 0 atom stereocenters. The minimum absolute atomic E-state index is 0.202. The maximum atomic E-state index is 13.5. The molecule has 1 nitrogen and oxygen atoms in total. The SMILES string of the molecule is O=C1/C(=C/c2cccc3ccccc23)CCCC/C1=C\c1cccc2ccccc12. The highest BCUT2D eigenvalue weighted by atomic mass is 16.1. The molecule has 1 aliphatic rings. The van der Waals surface area contributed by atoms with Gasteiger partial charge in [0.25, 0.3) is 0 Å². The van der Waals surface area contributed by atoms with E-state index in [9.17, 15) is 4.79 Å². The van der Waals surface area contributed by atoms with Crippen molar-refractivity contribution in [3.8, 4) is 0 Å². The van der Waals surface area contributed by atoms with E-state index in [1.54, 1.807) is 0 Å². The summed E-state index contributed by atoms with van der Waals surface area (Å²) in [6, 6.07) is 29.4. The Bertz CT molecular complexity index is 1190. The van der Waals surface area contributed by atoms with E-state index in [2.05, 4.69) is 97.1 Å². The van der Waals surface area contributed by atoms with E-state index in [-0.39, 0.29) is 5.78 Å². The van der Waals surface area contributed by atoms with Gasteiger partial charge in [-0.3, -0.25) is 4.79 Å². The van der Waals surface area contributed by atoms with Gasteiger partial charge in [-0.1, -0.05) is 84.9 Å². The molecule has 1 fully saturated rings. The summed E-state index contributed by atoms with van der Waals surface area (Å²) in [5.41, 5.74) is 4.11. The summed E-state index contributed by atoms with van der Waals surface area (Å²) in [7, 11) is 0. The van der Waals surface area contributed by atoms with Crippen LogP contribution in [0.4, 0.5) is 0 Å². The molecule has 0 aliphatic heterocycles. The van der Waals surface area contributed by atoms with Crippen molar-refractivity contribution in [2.45, 2.75) is 25.7 Å². The third-order valence-electron chi connectivity index (χ3n) is 6.03. The molecule has 1 aliphatic carbocycles. The van der Waals surface area contributed by atoms with E-state index in [1.807, 2.05) is 0 Å². The van der Waals surface area contributed by atoms with Crippen LogP contribution in [0.2, 0.25) is 0 Å². The van der Waals surface area contributed by atoms with Gasteiger partial charge in [0, 0.05) is 11.1 Å². The summed E-state index contributed by atoms with van der Waals surface area (Å²) in [6.45, 7) is 0. The van der Waals surface area contributed by atoms with Crippen LogP contribution < -0.4 is 0 Å². The number of Topliss-reactive ketones (excluding diaryl/α,β-unsaturated/α-hetero) is 1. The fourth-order valence-electron chi connectivity index (χ4n) is 4.47. The summed E-state index contributed by atoms with van der Waals surface area (Å²) in [5.74, 6) is 0.202. The summed E-state index contributed by atoms with van der Waals surface area (Å²) in [4.78, 5) is 13.5. The highest BCUT2D eigenvalue weighted by Crippen LogP contribution is 2.30. The molecule has 1 heteroatoms. The van der Waals surface area contributed by atoms with Crippen molar-refractivity contribution in [1.82, 2.24) is 0 Å². The van der Waals surface area contributed by atoms with E-state index in [0.29, 0.717) is 0 Å². The molecule has 4 aromatic carbocycles. The Kier molecular flexibility index (Phi) is 5.03. The molecule has 0 N–H and O–H groups in total. The number of hydrogen-bond acceptors (Lipinski definition) is 1. The first-order valence-electron chi connectivity index (χ1n) is 10.7. The van der Waals surface area contributed by atoms with Gasteiger partial charge in [0.05, 0.1) is 0 Å². The summed E-state index contributed by atoms with van der Waals surface area (Å²) in [5, 5.41) is 4.81. The molecule has 4 aromatic rings. The van der Waals surface area contributed by atoms with Gasteiger partial charge in [0.2, 0.25) is 0 Å². The zero-order chi connectivity index (χ0) is 20.3. The molecule has 30 heavy (non-hydrogen) atoms. The van der Waals surface area contributed by atoms with Crippen molar-refractivity contribution in [2.75, 3.05) is 0 Å². The van der Waals surface area contributed by atoms with E-state index >= 15 is 0 Å². The number of rotatable bonds is 2. The topological polar surface area (TPSA) is 17.1 Å². The molecule has 0 unspecified atom stereocenters. The van der Waals surface area contributed by atoms with Crippen molar-refractivity contribution >= 4 is 39.5 Å². The highest BCUT2D eigenvalue weighted by Gasteiger charge is 2.19. The first kappa shape index (κ1) is 18.6. The van der Waals surface area contributed by atoms with Crippen molar-refractivity contribution < 1.29 is 4.79 Å². The van der Waals surface area contributed by atoms with Crippen molar-refractivity contribution in [2.24, 2.45) is 0 Å². The molecular formula is C29H24O. The first-order chi connectivity index (χ1) is 14.8. The second kappa shape index (κ2) is 8.12. The van der Waals surface area contributed by atoms with Crippen LogP contribution in [0.25, 0.3) is 33.7 Å². The monoisotopic (exact) mass is 388 g/mol. The second-order valence-electron chi connectivity index (χ2n) is 8.01. The average Bonchev–Trinajstić information content (AvgIpc) is 2.96. The highest BCUT2D eigenvalue weighted by molar-refractivity contribution is 6.14. The van der Waals surface area contributed by atoms with E-state index in [1.165, 1.54) is 21.5 Å². The van der Waals surface area contributed by atoms with Crippen LogP contribution in [-0.2, 0) is 4.79 Å². The zero-order valence-electron chi connectivity index (χ0n) is 17.0. The normalized spacial score (nSPS) is 17.7. The quantitative estimate of drug-likeness (QED) is 0.255. The van der Waals surface area contributed by atoms with Crippen LogP contribution >= 0.6 is 0 Å². The van der Waals surface area contributed by atoms with Crippen LogP contribution in [0.3, 0.4) is 0 Å². The lowest BCUT2D eigenvalue weighted by atomic mass is 9.95. The number of hydrogen-bond donors (Lipinski definition) is 0. The minimum atomic E-state index is 0.202. The predicted octanol–water partition coefficient (Wildman–Crippen LogP) is 7.60. The third kappa shape index (κ3) is 3.59. The zero-order valence-corrected chi connectivity index (χ0v) is 17.0. The van der Waals surface area contributed by atoms with Crippen LogP contribution in [-0.4, -0.2) is 5.78 Å². The maximum Gasteiger partial charge on any atom is 0.185 e. The van der Waals surface area contributed by atoms with Crippen LogP contribution in [0, 0.1) is 0 Å². The number of allylic oxidation sites excluding steroid dienone is 2. The summed E-state index contributed by atoms with van der Waals surface area (Å²) in [6.07, 6.45) is 8.02. The van der Waals surface area contributed by atoms with Gasteiger partial charge in [0.15, 0.2) is 5.78 Å². The Morgan fingerprint density at radius 1 is 0.533 bits per heavy atom. The average molecular weight is 389 g/mol. The molecule has 0 bridgehead atoms. The van der Waals surface area contributed by atoms with Crippen molar-refractivity contribution in [3.05, 3.63) is 107 Å². The van der Waals surface area contributed by atoms with E-state index in [4.69, 9.17) is 0 Å². The first-order valence-corrected chi connectivity index (χ1v) is 10.7. The molecule has 0 radical (unpaired) electrons. The number of carbonyl (C=O) groups excluding carboxylic acids is 1. The van der Waals surface area contributed by atoms with Gasteiger partial charge in [-0.05, 0) is 70.5 Å². The lowest BCUT2D eigenvalue weighted by Gasteiger charge is -2.08. The summed E-state index contributed by atoms with van der Waals surface area (Å²) >= 11 is 0. The van der Waals surface area contributed by atoms with Gasteiger partial charge >= 0.3 is 0 Å². The molecule has 0 aromatic heterocycles. The lowest BCUT2D eigenvalue weighted by Crippen LogP contribution is -2.04. The Balaban J connectivity index is 1.58. The van der Waals surface area contributed by atoms with Crippen molar-refractivity contribution in [1.29, 1.82) is 0 Å². The van der Waals surface area contributed by atoms with Gasteiger partial charge in [-0.25, -0.2) is 0 Å². The largest absolute Gasteiger partial charge is 0.289 e. The number of ketones is 1. The van der Waals surface area contributed by atoms with Gasteiger partial charge in [-0.15, -0.1) is 0 Å². The predicted molar refractivity (Wildman–Crippen MR) is 127 cm³/mol. The van der Waals surface area contributed by atoms with E-state index < -0.39 is 0 Å². The number of fused-ring (bicyclic) bond motifs is 2. The third-order valence-corrected chi connectivity index (χ3v) is 6.03. The number of carbonyl (C=O) groups is 1. The number of benzene rings is 4. The standard InChI is InChI=1S/C29H24O/c30-29-25(19-23-15-7-13-21-9-3-5-17-27(21)23)11-1-2-12-26(29)20-24-16-8-14-22-10-4-6-18-28(22)24/h3-10,13-20H,1-2,11-12H2/b25-19+,26-20+. The van der Waals surface area contributed by atoms with Crippen LogP contribution in [0.5, 0.6) is 0 Å². The second-order valence-corrected chi connectivity index (χ2v) is 8.01. The van der Waals surface area contributed by atoms with Crippen LogP contribution in [0.1, 0.15) is 36.8 Å². The lowest BCUT2D eigenvalue weighted by molar-refractivity contribution is -0.112. The molecule has 0 spiro atoms. The Labute approximate surface area is 177 Å². The van der Waals surface area contributed by atoms with Gasteiger partial charge in [-0.2, -0.15) is 0 Å². The molecule has 0 saturated heterocycles. The molecule has 0 heterocycles. The van der Waals surface area contributed by atoms with Crippen molar-refractivity contribution in [3.63, 3.8) is 0 Å². The minimum Gasteiger partial charge on any atom is -0.289 e. The molecular weight excluding hydrogens is 364 g/mol. The smallest absolute Gasteiger partial charge is 0.185 e. The molecule has 5 rings (SSSR count). The van der Waals surface area contributed by atoms with Crippen LogP contribution in [0.15, 0.2) is 96.1 Å².